The summed E-state index contributed by atoms with van der Waals surface area (Å²) >= 11 is 0. The Balaban J connectivity index is 2.38. The number of ether oxygens (including phenoxy) is 2. The average molecular weight is 435 g/mol. The zero-order chi connectivity index (χ0) is 22.6. The first-order chi connectivity index (χ1) is 14.0. The minimum Gasteiger partial charge on any atom is -0.497 e. The fourth-order valence-corrected chi connectivity index (χ4v) is 4.64. The molecule has 0 bridgehead atoms. The average Bonchev–Trinajstić information content (AvgIpc) is 2.66. The summed E-state index contributed by atoms with van der Waals surface area (Å²) in [7, 11) is -0.870. The molecular weight excluding hydrogens is 404 g/mol. The molecule has 2 atom stereocenters. The Morgan fingerprint density at radius 1 is 1.03 bits per heavy atom. The second-order valence-corrected chi connectivity index (χ2v) is 9.22. The summed E-state index contributed by atoms with van der Waals surface area (Å²) in [6.45, 7) is 7.41. The molecule has 0 heterocycles. The third-order valence-electron chi connectivity index (χ3n) is 4.96. The maximum atomic E-state index is 13.0. The lowest BCUT2D eigenvalue weighted by molar-refractivity contribution is -0.122. The third-order valence-corrected chi connectivity index (χ3v) is 6.19. The monoisotopic (exact) mass is 434 g/mol. The van der Waals surface area contributed by atoms with Crippen LogP contribution in [0.1, 0.15) is 36.6 Å². The van der Waals surface area contributed by atoms with Gasteiger partial charge >= 0.3 is 0 Å². The molecule has 1 N–H and O–H groups in total. The number of nitrogens with one attached hydrogen (secondary N) is 1. The largest absolute Gasteiger partial charge is 0.497 e. The zero-order valence-corrected chi connectivity index (χ0v) is 19.3. The van der Waals surface area contributed by atoms with Crippen molar-refractivity contribution in [1.29, 1.82) is 0 Å². The van der Waals surface area contributed by atoms with Gasteiger partial charge in [0.25, 0.3) is 0 Å². The Labute approximate surface area is 179 Å². The lowest BCUT2D eigenvalue weighted by Crippen LogP contribution is -2.48. The minimum atomic E-state index is -3.80. The van der Waals surface area contributed by atoms with Gasteiger partial charge < -0.3 is 14.8 Å². The van der Waals surface area contributed by atoms with Crippen molar-refractivity contribution >= 4 is 21.6 Å². The molecule has 0 aromatic heterocycles. The second-order valence-electron chi connectivity index (χ2n) is 7.36. The van der Waals surface area contributed by atoms with Crippen molar-refractivity contribution in [2.75, 3.05) is 24.8 Å². The van der Waals surface area contributed by atoms with Crippen LogP contribution in [-0.4, -0.2) is 40.8 Å². The lowest BCUT2D eigenvalue weighted by Gasteiger charge is -2.30. The summed E-state index contributed by atoms with van der Waals surface area (Å²) in [5, 5.41) is 2.93. The Kier molecular flexibility index (Phi) is 7.36. The van der Waals surface area contributed by atoms with Crippen molar-refractivity contribution in [2.24, 2.45) is 0 Å². The van der Waals surface area contributed by atoms with Crippen LogP contribution in [-0.2, 0) is 14.8 Å². The quantitative estimate of drug-likeness (QED) is 0.689. The number of benzene rings is 2. The van der Waals surface area contributed by atoms with Crippen LogP contribution in [0.3, 0.4) is 0 Å². The van der Waals surface area contributed by atoms with E-state index in [1.165, 1.54) is 20.3 Å². The molecule has 0 spiro atoms. The molecule has 0 aliphatic carbocycles. The van der Waals surface area contributed by atoms with E-state index in [9.17, 15) is 13.2 Å². The van der Waals surface area contributed by atoms with E-state index in [2.05, 4.69) is 5.32 Å². The number of amides is 1. The number of carbonyl (C=O) groups is 1. The van der Waals surface area contributed by atoms with Crippen molar-refractivity contribution in [1.82, 2.24) is 5.32 Å². The SMILES string of the molecule is COc1ccc(OC)c(N([C@@H](C)C(=O)N[C@H](C)c2ccc(C)cc2C)S(C)(=O)=O)c1. The topological polar surface area (TPSA) is 84.9 Å². The first kappa shape index (κ1) is 23.5. The summed E-state index contributed by atoms with van der Waals surface area (Å²) in [5.41, 5.74) is 3.41. The Bertz CT molecular complexity index is 1020. The van der Waals surface area contributed by atoms with Crippen molar-refractivity contribution < 1.29 is 22.7 Å². The zero-order valence-electron chi connectivity index (χ0n) is 18.5. The van der Waals surface area contributed by atoms with Gasteiger partial charge in [-0.1, -0.05) is 23.8 Å². The second kappa shape index (κ2) is 9.38. The predicted octanol–water partition coefficient (Wildman–Crippen LogP) is 3.35. The van der Waals surface area contributed by atoms with Crippen LogP contribution in [0.15, 0.2) is 36.4 Å². The van der Waals surface area contributed by atoms with Gasteiger partial charge in [0.05, 0.1) is 32.2 Å². The summed E-state index contributed by atoms with van der Waals surface area (Å²) < 4.78 is 36.9. The van der Waals surface area contributed by atoms with Gasteiger partial charge in [0.2, 0.25) is 15.9 Å². The maximum Gasteiger partial charge on any atom is 0.244 e. The highest BCUT2D eigenvalue weighted by molar-refractivity contribution is 7.92. The number of sulfonamides is 1. The number of aryl methyl sites for hydroxylation is 2. The van der Waals surface area contributed by atoms with E-state index in [4.69, 9.17) is 9.47 Å². The molecule has 7 nitrogen and oxygen atoms in total. The molecule has 164 valence electrons. The van der Waals surface area contributed by atoms with Gasteiger partial charge in [0, 0.05) is 6.07 Å². The van der Waals surface area contributed by atoms with Crippen molar-refractivity contribution in [3.63, 3.8) is 0 Å². The summed E-state index contributed by atoms with van der Waals surface area (Å²) in [4.78, 5) is 13.0. The van der Waals surface area contributed by atoms with E-state index in [0.717, 1.165) is 27.3 Å². The van der Waals surface area contributed by atoms with E-state index in [1.807, 2.05) is 39.0 Å². The molecule has 0 fully saturated rings. The van der Waals surface area contributed by atoms with Crippen LogP contribution in [0.4, 0.5) is 5.69 Å². The van der Waals surface area contributed by atoms with Crippen molar-refractivity contribution in [3.05, 3.63) is 53.1 Å². The lowest BCUT2D eigenvalue weighted by atomic mass is 10.00. The number of rotatable bonds is 8. The van der Waals surface area contributed by atoms with E-state index >= 15 is 0 Å². The van der Waals surface area contributed by atoms with Crippen LogP contribution in [0.5, 0.6) is 11.5 Å². The van der Waals surface area contributed by atoms with E-state index in [1.54, 1.807) is 19.1 Å². The van der Waals surface area contributed by atoms with E-state index < -0.39 is 22.0 Å². The highest BCUT2D eigenvalue weighted by Crippen LogP contribution is 2.35. The molecular formula is C22H30N2O5S. The molecule has 2 aromatic carbocycles. The standard InChI is InChI=1S/C22H30N2O5S/c1-14-8-10-19(15(2)12-14)16(3)23-22(25)17(4)24(30(7,26)27)20-13-18(28-5)9-11-21(20)29-6/h8-13,16-17H,1-7H3,(H,23,25)/t16-,17+/m1/s1. The first-order valence-corrected chi connectivity index (χ1v) is 11.4. The number of anilines is 1. The molecule has 0 saturated heterocycles. The minimum absolute atomic E-state index is 0.237. The molecule has 2 rings (SSSR count). The van der Waals surface area contributed by atoms with Gasteiger partial charge in [-0.25, -0.2) is 8.42 Å². The van der Waals surface area contributed by atoms with Crippen molar-refractivity contribution in [3.8, 4) is 11.5 Å². The highest BCUT2D eigenvalue weighted by Gasteiger charge is 2.32. The highest BCUT2D eigenvalue weighted by atomic mass is 32.2. The molecule has 1 amide bonds. The fourth-order valence-electron chi connectivity index (χ4n) is 3.47. The molecule has 2 aromatic rings. The fraction of sp³-hybridized carbons (Fsp3) is 0.409. The number of hydrogen-bond acceptors (Lipinski definition) is 5. The van der Waals surface area contributed by atoms with Crippen LogP contribution < -0.4 is 19.1 Å². The number of hydrogen-bond donors (Lipinski definition) is 1. The molecule has 0 unspecified atom stereocenters. The number of nitrogens with zero attached hydrogens (tertiary/aromatic N) is 1. The summed E-state index contributed by atoms with van der Waals surface area (Å²) in [6.07, 6.45) is 1.06. The molecule has 0 aliphatic rings. The van der Waals surface area contributed by atoms with Crippen molar-refractivity contribution in [2.45, 2.75) is 39.8 Å². The molecule has 0 aliphatic heterocycles. The maximum absolute atomic E-state index is 13.0. The first-order valence-electron chi connectivity index (χ1n) is 9.58. The van der Waals surface area contributed by atoms with Crippen LogP contribution in [0, 0.1) is 13.8 Å². The number of methoxy groups -OCH3 is 2. The summed E-state index contributed by atoms with van der Waals surface area (Å²) in [6, 6.07) is 9.52. The molecule has 8 heteroatoms. The Hall–Kier alpha value is -2.74. The van der Waals surface area contributed by atoms with Crippen LogP contribution >= 0.6 is 0 Å². The van der Waals surface area contributed by atoms with Gasteiger partial charge in [-0.15, -0.1) is 0 Å². The predicted molar refractivity (Wildman–Crippen MR) is 119 cm³/mol. The van der Waals surface area contributed by atoms with Crippen LogP contribution in [0.25, 0.3) is 0 Å². The summed E-state index contributed by atoms with van der Waals surface area (Å²) in [5.74, 6) is 0.358. The van der Waals surface area contributed by atoms with Gasteiger partial charge in [-0.2, -0.15) is 0 Å². The molecule has 0 radical (unpaired) electrons. The number of carbonyl (C=O) groups excluding carboxylic acids is 1. The van der Waals surface area contributed by atoms with Crippen LogP contribution in [0.2, 0.25) is 0 Å². The third kappa shape index (κ3) is 5.24. The van der Waals surface area contributed by atoms with Gasteiger partial charge in [-0.3, -0.25) is 9.10 Å². The normalized spacial score (nSPS) is 13.3. The molecule has 30 heavy (non-hydrogen) atoms. The van der Waals surface area contributed by atoms with Gasteiger partial charge in [-0.05, 0) is 51.0 Å². The molecule has 0 saturated carbocycles. The van der Waals surface area contributed by atoms with Gasteiger partial charge in [0.15, 0.2) is 0 Å². The smallest absolute Gasteiger partial charge is 0.244 e. The van der Waals surface area contributed by atoms with E-state index in [0.29, 0.717) is 11.5 Å². The van der Waals surface area contributed by atoms with E-state index in [-0.39, 0.29) is 11.7 Å². The van der Waals surface area contributed by atoms with Gasteiger partial charge in [0.1, 0.15) is 17.5 Å². The Morgan fingerprint density at radius 3 is 2.23 bits per heavy atom. The Morgan fingerprint density at radius 2 is 1.70 bits per heavy atom.